The van der Waals surface area contributed by atoms with E-state index < -0.39 is 5.84 Å². The van der Waals surface area contributed by atoms with Gasteiger partial charge in [-0.2, -0.15) is 10.4 Å². The van der Waals surface area contributed by atoms with Crippen LogP contribution in [-0.4, -0.2) is 16.7 Å². The molecule has 0 bridgehead atoms. The van der Waals surface area contributed by atoms with Crippen LogP contribution in [0.1, 0.15) is 5.56 Å². The number of nitrogens with zero attached hydrogens (tertiary/aromatic N) is 2. The molecule has 0 heterocycles. The third-order valence-electron chi connectivity index (χ3n) is 2.79. The van der Waals surface area contributed by atoms with Crippen LogP contribution < -0.4 is 11.2 Å². The summed E-state index contributed by atoms with van der Waals surface area (Å²) in [5, 5.41) is 31.1. The molecule has 0 aromatic heterocycles. The Labute approximate surface area is 115 Å². The smallest absolute Gasteiger partial charge is 0.201 e. The van der Waals surface area contributed by atoms with Crippen molar-refractivity contribution in [1.29, 1.82) is 10.7 Å². The molecule has 20 heavy (non-hydrogen) atoms. The second-order valence-corrected chi connectivity index (χ2v) is 4.11. The zero-order chi connectivity index (χ0) is 14.5. The molecule has 0 amide bonds. The number of fused-ring (bicyclic) bond motifs is 1. The number of aliphatic hydroxyl groups excluding tert-OH is 1. The summed E-state index contributed by atoms with van der Waals surface area (Å²) in [6.07, 6.45) is 0. The number of rotatable bonds is 4. The minimum Gasteiger partial charge on any atom is -0.392 e. The lowest BCUT2D eigenvalue weighted by Gasteiger charge is -2.09. The van der Waals surface area contributed by atoms with Gasteiger partial charge in [0.25, 0.3) is 0 Å². The van der Waals surface area contributed by atoms with Crippen molar-refractivity contribution in [3.63, 3.8) is 0 Å². The number of aliphatic hydroxyl groups is 1. The topological polar surface area (TPSA) is 118 Å². The van der Waals surface area contributed by atoms with E-state index in [1.54, 1.807) is 6.07 Å². The maximum Gasteiger partial charge on any atom is 0.201 e. The molecule has 0 fully saturated rings. The Morgan fingerprint density at radius 3 is 2.55 bits per heavy atom. The Balaban J connectivity index is 2.43. The minimum absolute atomic E-state index is 0.162. The summed E-state index contributed by atoms with van der Waals surface area (Å²) in [6.45, 7) is -0.162. The van der Waals surface area contributed by atoms with Gasteiger partial charge in [-0.1, -0.05) is 24.3 Å². The molecule has 0 unspecified atom stereocenters. The molecule has 6 nitrogen and oxygen atoms in total. The zero-order valence-electron chi connectivity index (χ0n) is 10.6. The van der Waals surface area contributed by atoms with E-state index in [0.29, 0.717) is 11.3 Å². The van der Waals surface area contributed by atoms with Gasteiger partial charge < -0.3 is 10.8 Å². The van der Waals surface area contributed by atoms with E-state index in [0.717, 1.165) is 10.8 Å². The predicted molar refractivity (Wildman–Crippen MR) is 78.5 cm³/mol. The van der Waals surface area contributed by atoms with E-state index in [2.05, 4.69) is 10.5 Å². The molecule has 5 N–H and O–H groups in total. The second kappa shape index (κ2) is 5.82. The van der Waals surface area contributed by atoms with E-state index in [1.807, 2.05) is 36.4 Å². The molecule has 0 saturated heterocycles. The van der Waals surface area contributed by atoms with Gasteiger partial charge in [0.05, 0.1) is 12.3 Å². The van der Waals surface area contributed by atoms with Crippen molar-refractivity contribution in [1.82, 2.24) is 0 Å². The summed E-state index contributed by atoms with van der Waals surface area (Å²) in [7, 11) is 0. The highest BCUT2D eigenvalue weighted by molar-refractivity contribution is 6.45. The molecular formula is C14H13N5O. The van der Waals surface area contributed by atoms with E-state index in [9.17, 15) is 5.11 Å². The van der Waals surface area contributed by atoms with E-state index in [-0.39, 0.29) is 12.3 Å². The Hall–Kier alpha value is -2.91. The predicted octanol–water partition coefficient (Wildman–Crippen LogP) is 1.56. The first-order valence-corrected chi connectivity index (χ1v) is 5.86. The fraction of sp³-hybridized carbons (Fsp3) is 0.0714. The Morgan fingerprint density at radius 2 is 2.00 bits per heavy atom. The van der Waals surface area contributed by atoms with Crippen molar-refractivity contribution >= 4 is 28.0 Å². The average molecular weight is 267 g/mol. The number of nitrogens with one attached hydrogen (secondary N) is 2. The van der Waals surface area contributed by atoms with Crippen molar-refractivity contribution in [3.05, 3.63) is 42.0 Å². The van der Waals surface area contributed by atoms with Crippen LogP contribution in [-0.2, 0) is 6.61 Å². The molecule has 0 atom stereocenters. The quantitative estimate of drug-likeness (QED) is 0.382. The lowest BCUT2D eigenvalue weighted by Crippen LogP contribution is -2.22. The number of amidine groups is 1. The maximum absolute atomic E-state index is 9.39. The number of nitriles is 1. The third kappa shape index (κ3) is 2.74. The first kappa shape index (κ1) is 13.5. The molecule has 0 radical (unpaired) electrons. The van der Waals surface area contributed by atoms with Gasteiger partial charge in [0.1, 0.15) is 6.07 Å². The van der Waals surface area contributed by atoms with Gasteiger partial charge in [-0.05, 0) is 22.9 Å². The fourth-order valence-corrected chi connectivity index (χ4v) is 1.78. The normalized spacial score (nSPS) is 11.1. The fourth-order valence-electron chi connectivity index (χ4n) is 1.78. The number of nitrogens with two attached hydrogens (primary N) is 1. The van der Waals surface area contributed by atoms with Gasteiger partial charge in [0, 0.05) is 5.56 Å². The van der Waals surface area contributed by atoms with Crippen molar-refractivity contribution in [3.8, 4) is 6.07 Å². The minimum atomic E-state index is -0.411. The van der Waals surface area contributed by atoms with Gasteiger partial charge >= 0.3 is 0 Å². The molecule has 2 aromatic rings. The number of hydrogen-bond donors (Lipinski definition) is 4. The van der Waals surface area contributed by atoms with Crippen LogP contribution in [0.2, 0.25) is 0 Å². The van der Waals surface area contributed by atoms with Crippen LogP contribution in [0.25, 0.3) is 10.8 Å². The van der Waals surface area contributed by atoms with E-state index >= 15 is 0 Å². The van der Waals surface area contributed by atoms with Crippen molar-refractivity contribution in [2.24, 2.45) is 10.8 Å². The first-order chi connectivity index (χ1) is 9.65. The summed E-state index contributed by atoms with van der Waals surface area (Å²) >= 11 is 0. The van der Waals surface area contributed by atoms with Gasteiger partial charge in [-0.3, -0.25) is 10.8 Å². The molecule has 0 aliphatic rings. The SMILES string of the molecule is N#C/C(=N\Nc1cc2ccccc2cc1CO)C(=N)N. The van der Waals surface area contributed by atoms with Crippen LogP contribution in [0, 0.1) is 16.7 Å². The standard InChI is InChI=1S/C14H13N5O/c15-7-13(14(16)17)19-18-12-6-10-4-2-1-3-9(10)5-11(12)8-20/h1-6,18,20H,8H2,(H3,16,17)/b19-13+. The number of anilines is 1. The maximum atomic E-state index is 9.39. The van der Waals surface area contributed by atoms with Gasteiger partial charge in [0.15, 0.2) is 5.84 Å². The number of hydrazone groups is 1. The Kier molecular flexibility index (Phi) is 3.93. The highest BCUT2D eigenvalue weighted by Gasteiger charge is 2.05. The van der Waals surface area contributed by atoms with E-state index in [1.165, 1.54) is 0 Å². The molecular weight excluding hydrogens is 254 g/mol. The van der Waals surface area contributed by atoms with Crippen LogP contribution in [0.4, 0.5) is 5.69 Å². The first-order valence-electron chi connectivity index (χ1n) is 5.86. The molecule has 0 aliphatic carbocycles. The van der Waals surface area contributed by atoms with E-state index in [4.69, 9.17) is 16.4 Å². The average Bonchev–Trinajstić information content (AvgIpc) is 2.46. The molecule has 2 aromatic carbocycles. The number of benzene rings is 2. The summed E-state index contributed by atoms with van der Waals surface area (Å²) < 4.78 is 0. The van der Waals surface area contributed by atoms with Crippen molar-refractivity contribution in [2.45, 2.75) is 6.61 Å². The lowest BCUT2D eigenvalue weighted by molar-refractivity contribution is 0.282. The van der Waals surface area contributed by atoms with Gasteiger partial charge in [-0.25, -0.2) is 0 Å². The second-order valence-electron chi connectivity index (χ2n) is 4.11. The molecule has 0 saturated carbocycles. The third-order valence-corrected chi connectivity index (χ3v) is 2.79. The summed E-state index contributed by atoms with van der Waals surface area (Å²) in [5.41, 5.74) is 8.90. The summed E-state index contributed by atoms with van der Waals surface area (Å²) in [4.78, 5) is 0. The summed E-state index contributed by atoms with van der Waals surface area (Å²) in [5.74, 6) is -0.411. The Morgan fingerprint density at radius 1 is 1.35 bits per heavy atom. The lowest BCUT2D eigenvalue weighted by atomic mass is 10.1. The molecule has 0 spiro atoms. The Bertz CT molecular complexity index is 730. The highest BCUT2D eigenvalue weighted by atomic mass is 16.3. The highest BCUT2D eigenvalue weighted by Crippen LogP contribution is 2.24. The van der Waals surface area contributed by atoms with Crippen LogP contribution in [0.15, 0.2) is 41.5 Å². The van der Waals surface area contributed by atoms with Gasteiger partial charge in [0.2, 0.25) is 5.71 Å². The van der Waals surface area contributed by atoms with Crippen LogP contribution in [0.3, 0.4) is 0 Å². The largest absolute Gasteiger partial charge is 0.392 e. The molecule has 6 heteroatoms. The van der Waals surface area contributed by atoms with Crippen LogP contribution in [0.5, 0.6) is 0 Å². The van der Waals surface area contributed by atoms with Gasteiger partial charge in [-0.15, -0.1) is 0 Å². The zero-order valence-corrected chi connectivity index (χ0v) is 10.6. The monoisotopic (exact) mass is 267 g/mol. The molecule has 0 aliphatic heterocycles. The molecule has 100 valence electrons. The van der Waals surface area contributed by atoms with Crippen molar-refractivity contribution in [2.75, 3.05) is 5.43 Å². The van der Waals surface area contributed by atoms with Crippen LogP contribution >= 0.6 is 0 Å². The van der Waals surface area contributed by atoms with Crippen molar-refractivity contribution < 1.29 is 5.11 Å². The summed E-state index contributed by atoms with van der Waals surface area (Å²) in [6, 6.07) is 13.1. The molecule has 2 rings (SSSR count). The number of hydrogen-bond acceptors (Lipinski definition) is 5.